The molecule has 2 aromatic rings. The number of rotatable bonds is 3. The highest BCUT2D eigenvalue weighted by Gasteiger charge is 2.21. The molecule has 2 rings (SSSR count). The second kappa shape index (κ2) is 4.90. The summed E-state index contributed by atoms with van der Waals surface area (Å²) in [5, 5.41) is 4.02. The summed E-state index contributed by atoms with van der Waals surface area (Å²) in [5.41, 5.74) is 7.89. The number of nitrogens with zero attached hydrogens (tertiary/aromatic N) is 2. The van der Waals surface area contributed by atoms with Gasteiger partial charge in [0.25, 0.3) is 0 Å². The first-order chi connectivity index (χ1) is 8.50. The Morgan fingerprint density at radius 3 is 2.39 bits per heavy atom. The van der Waals surface area contributed by atoms with Crippen molar-refractivity contribution in [3.8, 4) is 0 Å². The van der Waals surface area contributed by atoms with E-state index in [1.165, 1.54) is 0 Å². The monoisotopic (exact) mass is 245 g/mol. The Hall–Kier alpha value is -1.68. The molecule has 18 heavy (non-hydrogen) atoms. The summed E-state index contributed by atoms with van der Waals surface area (Å²) >= 11 is 0. The van der Waals surface area contributed by atoms with E-state index in [9.17, 15) is 0 Å². The Morgan fingerprint density at radius 1 is 1.17 bits per heavy atom. The van der Waals surface area contributed by atoms with Gasteiger partial charge < -0.3 is 10.3 Å². The summed E-state index contributed by atoms with van der Waals surface area (Å²) in [7, 11) is 0. The summed E-state index contributed by atoms with van der Waals surface area (Å²) in [6.45, 7) is 6.72. The van der Waals surface area contributed by atoms with Gasteiger partial charge in [-0.05, 0) is 11.1 Å². The van der Waals surface area contributed by atoms with Crippen molar-refractivity contribution in [1.82, 2.24) is 10.1 Å². The van der Waals surface area contributed by atoms with Crippen molar-refractivity contribution in [2.75, 3.05) is 0 Å². The van der Waals surface area contributed by atoms with E-state index in [0.717, 1.165) is 17.0 Å². The van der Waals surface area contributed by atoms with Crippen LogP contribution in [-0.2, 0) is 18.4 Å². The molecule has 0 radical (unpaired) electrons. The fourth-order valence-electron chi connectivity index (χ4n) is 1.72. The van der Waals surface area contributed by atoms with Crippen LogP contribution in [0.4, 0.5) is 0 Å². The van der Waals surface area contributed by atoms with Gasteiger partial charge in [-0.3, -0.25) is 0 Å². The predicted octanol–water partition coefficient (Wildman–Crippen LogP) is 2.42. The van der Waals surface area contributed by atoms with Gasteiger partial charge in [0.15, 0.2) is 5.82 Å². The van der Waals surface area contributed by atoms with Gasteiger partial charge in [0, 0.05) is 12.0 Å². The number of nitrogens with two attached hydrogens (primary N) is 1. The Labute approximate surface area is 107 Å². The van der Waals surface area contributed by atoms with Crippen LogP contribution in [0.15, 0.2) is 28.8 Å². The number of benzene rings is 1. The standard InChI is InChI=1S/C14H19N3O/c1-14(2,3)13-16-12(18-17-13)8-10-6-4-5-7-11(10)9-15/h4-7H,8-9,15H2,1-3H3. The summed E-state index contributed by atoms with van der Waals surface area (Å²) in [6.07, 6.45) is 0.635. The average molecular weight is 245 g/mol. The van der Waals surface area contributed by atoms with Crippen molar-refractivity contribution < 1.29 is 4.52 Å². The van der Waals surface area contributed by atoms with Gasteiger partial charge in [0.2, 0.25) is 5.89 Å². The lowest BCUT2D eigenvalue weighted by Crippen LogP contribution is -2.13. The second-order valence-corrected chi connectivity index (χ2v) is 5.41. The van der Waals surface area contributed by atoms with Crippen LogP contribution in [0, 0.1) is 0 Å². The van der Waals surface area contributed by atoms with Crippen LogP contribution >= 0.6 is 0 Å². The summed E-state index contributed by atoms with van der Waals surface area (Å²) in [6, 6.07) is 8.05. The minimum absolute atomic E-state index is 0.0882. The van der Waals surface area contributed by atoms with Gasteiger partial charge in [0.05, 0.1) is 6.42 Å². The van der Waals surface area contributed by atoms with Crippen molar-refractivity contribution in [3.63, 3.8) is 0 Å². The molecule has 0 bridgehead atoms. The molecule has 96 valence electrons. The molecule has 0 aliphatic rings. The highest BCUT2D eigenvalue weighted by atomic mass is 16.5. The Bertz CT molecular complexity index is 526. The number of aromatic nitrogens is 2. The first kappa shape index (κ1) is 12.8. The third-order valence-corrected chi connectivity index (χ3v) is 2.82. The molecule has 1 aromatic carbocycles. The van der Waals surface area contributed by atoms with Gasteiger partial charge >= 0.3 is 0 Å². The number of hydrogen-bond acceptors (Lipinski definition) is 4. The highest BCUT2D eigenvalue weighted by Crippen LogP contribution is 2.20. The molecular formula is C14H19N3O. The molecule has 4 heteroatoms. The Morgan fingerprint density at radius 2 is 1.83 bits per heavy atom. The summed E-state index contributed by atoms with van der Waals surface area (Å²) in [4.78, 5) is 4.43. The molecule has 2 N–H and O–H groups in total. The molecule has 1 heterocycles. The van der Waals surface area contributed by atoms with E-state index in [1.807, 2.05) is 24.3 Å². The first-order valence-electron chi connectivity index (χ1n) is 6.10. The third-order valence-electron chi connectivity index (χ3n) is 2.82. The van der Waals surface area contributed by atoms with Crippen molar-refractivity contribution in [1.29, 1.82) is 0 Å². The van der Waals surface area contributed by atoms with Gasteiger partial charge in [-0.2, -0.15) is 4.98 Å². The molecule has 0 saturated carbocycles. The Balaban J connectivity index is 2.22. The SMILES string of the molecule is CC(C)(C)c1noc(Cc2ccccc2CN)n1. The zero-order valence-corrected chi connectivity index (χ0v) is 11.1. The zero-order chi connectivity index (χ0) is 13.2. The normalized spacial score (nSPS) is 11.8. The van der Waals surface area contributed by atoms with Crippen LogP contribution in [0.25, 0.3) is 0 Å². The van der Waals surface area contributed by atoms with E-state index >= 15 is 0 Å². The minimum atomic E-state index is -0.0882. The molecule has 0 fully saturated rings. The number of hydrogen-bond donors (Lipinski definition) is 1. The van der Waals surface area contributed by atoms with Crippen LogP contribution in [0.5, 0.6) is 0 Å². The van der Waals surface area contributed by atoms with Crippen LogP contribution < -0.4 is 5.73 Å². The average Bonchev–Trinajstić information content (AvgIpc) is 2.78. The molecule has 0 saturated heterocycles. The summed E-state index contributed by atoms with van der Waals surface area (Å²) < 4.78 is 5.29. The predicted molar refractivity (Wildman–Crippen MR) is 70.1 cm³/mol. The van der Waals surface area contributed by atoms with E-state index < -0.39 is 0 Å². The van der Waals surface area contributed by atoms with Crippen LogP contribution in [0.2, 0.25) is 0 Å². The molecule has 0 aliphatic carbocycles. The van der Waals surface area contributed by atoms with Gasteiger partial charge in [-0.1, -0.05) is 50.2 Å². The first-order valence-corrected chi connectivity index (χ1v) is 6.10. The van der Waals surface area contributed by atoms with Crippen LogP contribution in [0.3, 0.4) is 0 Å². The molecule has 1 aromatic heterocycles. The largest absolute Gasteiger partial charge is 0.339 e. The quantitative estimate of drug-likeness (QED) is 0.901. The van der Waals surface area contributed by atoms with E-state index in [2.05, 4.69) is 30.9 Å². The molecule has 0 amide bonds. The smallest absolute Gasteiger partial charge is 0.231 e. The maximum Gasteiger partial charge on any atom is 0.231 e. The fourth-order valence-corrected chi connectivity index (χ4v) is 1.72. The Kier molecular flexibility index (Phi) is 3.48. The van der Waals surface area contributed by atoms with Crippen molar-refractivity contribution in [2.24, 2.45) is 5.73 Å². The molecule has 0 unspecified atom stereocenters. The van der Waals surface area contributed by atoms with Crippen molar-refractivity contribution in [3.05, 3.63) is 47.1 Å². The third kappa shape index (κ3) is 2.76. The van der Waals surface area contributed by atoms with E-state index in [-0.39, 0.29) is 5.41 Å². The van der Waals surface area contributed by atoms with Crippen molar-refractivity contribution >= 4 is 0 Å². The van der Waals surface area contributed by atoms with Crippen molar-refractivity contribution in [2.45, 2.75) is 39.2 Å². The lowest BCUT2D eigenvalue weighted by atomic mass is 9.96. The molecule has 0 spiro atoms. The van der Waals surface area contributed by atoms with Crippen LogP contribution in [0.1, 0.15) is 43.6 Å². The summed E-state index contributed by atoms with van der Waals surface area (Å²) in [5.74, 6) is 1.38. The maximum absolute atomic E-state index is 5.71. The zero-order valence-electron chi connectivity index (χ0n) is 11.1. The lowest BCUT2D eigenvalue weighted by molar-refractivity contribution is 0.368. The molecular weight excluding hydrogens is 226 g/mol. The molecule has 0 aliphatic heterocycles. The fraction of sp³-hybridized carbons (Fsp3) is 0.429. The van der Waals surface area contributed by atoms with Gasteiger partial charge in [0.1, 0.15) is 0 Å². The maximum atomic E-state index is 5.71. The van der Waals surface area contributed by atoms with Gasteiger partial charge in [-0.25, -0.2) is 0 Å². The topological polar surface area (TPSA) is 64.9 Å². The van der Waals surface area contributed by atoms with Gasteiger partial charge in [-0.15, -0.1) is 0 Å². The van der Waals surface area contributed by atoms with E-state index in [4.69, 9.17) is 10.3 Å². The van der Waals surface area contributed by atoms with E-state index in [1.54, 1.807) is 0 Å². The second-order valence-electron chi connectivity index (χ2n) is 5.41. The highest BCUT2D eigenvalue weighted by molar-refractivity contribution is 5.29. The van der Waals surface area contributed by atoms with E-state index in [0.29, 0.717) is 18.9 Å². The minimum Gasteiger partial charge on any atom is -0.339 e. The molecule has 4 nitrogen and oxygen atoms in total. The lowest BCUT2D eigenvalue weighted by Gasteiger charge is -2.10. The molecule has 0 atom stereocenters. The van der Waals surface area contributed by atoms with Crippen LogP contribution in [-0.4, -0.2) is 10.1 Å².